The van der Waals surface area contributed by atoms with Gasteiger partial charge in [-0.05, 0) is 29.3 Å². The van der Waals surface area contributed by atoms with Crippen LogP contribution in [0.4, 0.5) is 19.0 Å². The summed E-state index contributed by atoms with van der Waals surface area (Å²) < 4.78 is 41.8. The minimum Gasteiger partial charge on any atom is -0.382 e. The van der Waals surface area contributed by atoms with Crippen molar-refractivity contribution >= 4 is 11.7 Å². The molecular formula is C21H17F3N4O. The molecule has 5 nitrogen and oxygen atoms in total. The number of halogens is 3. The molecule has 0 spiro atoms. The number of anilines is 1. The number of hydrogen-bond donors (Lipinski definition) is 1. The maximum absolute atomic E-state index is 14.8. The maximum atomic E-state index is 14.8. The van der Waals surface area contributed by atoms with Gasteiger partial charge < -0.3 is 10.6 Å². The highest BCUT2D eigenvalue weighted by atomic mass is 19.3. The standard InChI is InChI=1S/C21H17F3N4O/c22-17-9-13(5-6-16(17)18-10-27-19(25)11-26-18)14-3-1-2-4-15(14)20(29)28-8-7-21(23,24)12-28/h1-6,9-11H,7-8,12H2,(H2,25,27). The van der Waals surface area contributed by atoms with E-state index in [1.165, 1.54) is 24.5 Å². The molecule has 0 saturated carbocycles. The fraction of sp³-hybridized carbons (Fsp3) is 0.190. The lowest BCUT2D eigenvalue weighted by atomic mass is 9.97. The molecule has 1 aliphatic heterocycles. The van der Waals surface area contributed by atoms with E-state index in [0.29, 0.717) is 16.8 Å². The van der Waals surface area contributed by atoms with E-state index >= 15 is 0 Å². The summed E-state index contributed by atoms with van der Waals surface area (Å²) in [5.74, 6) is -3.69. The number of rotatable bonds is 3. The number of nitrogens with zero attached hydrogens (tertiary/aromatic N) is 3. The molecule has 148 valence electrons. The third-order valence-corrected chi connectivity index (χ3v) is 4.84. The second-order valence-electron chi connectivity index (χ2n) is 6.90. The van der Waals surface area contributed by atoms with Crippen molar-refractivity contribution in [3.05, 3.63) is 66.2 Å². The second kappa shape index (κ2) is 7.20. The summed E-state index contributed by atoms with van der Waals surface area (Å²) in [6.45, 7) is -0.619. The molecule has 29 heavy (non-hydrogen) atoms. The Morgan fingerprint density at radius 1 is 1.07 bits per heavy atom. The number of hydrogen-bond acceptors (Lipinski definition) is 4. The summed E-state index contributed by atoms with van der Waals surface area (Å²) in [5, 5.41) is 0. The first-order valence-corrected chi connectivity index (χ1v) is 8.98. The smallest absolute Gasteiger partial charge is 0.267 e. The molecule has 2 heterocycles. The van der Waals surface area contributed by atoms with Crippen molar-refractivity contribution in [2.75, 3.05) is 18.8 Å². The Balaban J connectivity index is 1.68. The van der Waals surface area contributed by atoms with Crippen LogP contribution >= 0.6 is 0 Å². The molecule has 1 aliphatic rings. The summed E-state index contributed by atoms with van der Waals surface area (Å²) in [7, 11) is 0. The molecule has 1 fully saturated rings. The van der Waals surface area contributed by atoms with Crippen LogP contribution in [0.25, 0.3) is 22.4 Å². The Kier molecular flexibility index (Phi) is 4.70. The molecule has 0 unspecified atom stereocenters. The monoisotopic (exact) mass is 398 g/mol. The van der Waals surface area contributed by atoms with Crippen LogP contribution in [0.2, 0.25) is 0 Å². The molecule has 2 N–H and O–H groups in total. The normalized spacial score (nSPS) is 15.5. The van der Waals surface area contributed by atoms with Crippen molar-refractivity contribution in [2.24, 2.45) is 0 Å². The average molecular weight is 398 g/mol. The highest BCUT2D eigenvalue weighted by Crippen LogP contribution is 2.32. The van der Waals surface area contributed by atoms with E-state index in [2.05, 4.69) is 9.97 Å². The Morgan fingerprint density at radius 3 is 2.52 bits per heavy atom. The Morgan fingerprint density at radius 2 is 1.86 bits per heavy atom. The maximum Gasteiger partial charge on any atom is 0.267 e. The van der Waals surface area contributed by atoms with Gasteiger partial charge in [0.2, 0.25) is 0 Å². The minimum atomic E-state index is -2.88. The molecule has 1 amide bonds. The number of carbonyl (C=O) groups excluding carboxylic acids is 1. The van der Waals surface area contributed by atoms with Gasteiger partial charge in [-0.3, -0.25) is 9.78 Å². The summed E-state index contributed by atoms with van der Waals surface area (Å²) in [6, 6.07) is 11.1. The molecule has 8 heteroatoms. The van der Waals surface area contributed by atoms with Gasteiger partial charge in [0.1, 0.15) is 11.6 Å². The number of amides is 1. The van der Waals surface area contributed by atoms with Crippen LogP contribution < -0.4 is 5.73 Å². The summed E-state index contributed by atoms with van der Waals surface area (Å²) in [6.07, 6.45) is 2.35. The van der Waals surface area contributed by atoms with Gasteiger partial charge in [0.25, 0.3) is 11.8 Å². The highest BCUT2D eigenvalue weighted by molar-refractivity contribution is 6.01. The molecule has 4 rings (SSSR count). The molecule has 0 radical (unpaired) electrons. The summed E-state index contributed by atoms with van der Waals surface area (Å²) >= 11 is 0. The van der Waals surface area contributed by atoms with Crippen LogP contribution in [-0.4, -0.2) is 39.8 Å². The van der Waals surface area contributed by atoms with Crippen LogP contribution in [0.3, 0.4) is 0 Å². The summed E-state index contributed by atoms with van der Waals surface area (Å²) in [4.78, 5) is 21.9. The van der Waals surface area contributed by atoms with Gasteiger partial charge in [-0.2, -0.15) is 0 Å². The van der Waals surface area contributed by atoms with E-state index in [1.807, 2.05) is 0 Å². The number of carbonyl (C=O) groups is 1. The number of nitrogen functional groups attached to an aromatic ring is 1. The van der Waals surface area contributed by atoms with Crippen molar-refractivity contribution < 1.29 is 18.0 Å². The first-order chi connectivity index (χ1) is 13.8. The second-order valence-corrected chi connectivity index (χ2v) is 6.90. The van der Waals surface area contributed by atoms with E-state index in [0.717, 1.165) is 4.90 Å². The number of benzene rings is 2. The van der Waals surface area contributed by atoms with E-state index in [-0.39, 0.29) is 29.9 Å². The third-order valence-electron chi connectivity index (χ3n) is 4.84. The first-order valence-electron chi connectivity index (χ1n) is 8.98. The van der Waals surface area contributed by atoms with Crippen LogP contribution in [-0.2, 0) is 0 Å². The zero-order valence-corrected chi connectivity index (χ0v) is 15.3. The Hall–Kier alpha value is -3.42. The number of alkyl halides is 2. The molecule has 1 aromatic heterocycles. The van der Waals surface area contributed by atoms with Gasteiger partial charge in [0.15, 0.2) is 0 Å². The molecule has 3 aromatic rings. The van der Waals surface area contributed by atoms with Crippen molar-refractivity contribution in [2.45, 2.75) is 12.3 Å². The fourth-order valence-electron chi connectivity index (χ4n) is 3.37. The number of likely N-dealkylation sites (tertiary alicyclic amines) is 1. The van der Waals surface area contributed by atoms with Crippen LogP contribution in [0.5, 0.6) is 0 Å². The molecule has 1 saturated heterocycles. The number of nitrogens with two attached hydrogens (primary N) is 1. The van der Waals surface area contributed by atoms with Gasteiger partial charge >= 0.3 is 0 Å². The largest absolute Gasteiger partial charge is 0.382 e. The molecule has 0 aliphatic carbocycles. The molecular weight excluding hydrogens is 381 g/mol. The van der Waals surface area contributed by atoms with E-state index < -0.39 is 24.2 Å². The van der Waals surface area contributed by atoms with E-state index in [9.17, 15) is 18.0 Å². The van der Waals surface area contributed by atoms with Crippen LogP contribution in [0.15, 0.2) is 54.9 Å². The lowest BCUT2D eigenvalue weighted by molar-refractivity contribution is 0.0120. The van der Waals surface area contributed by atoms with Crippen LogP contribution in [0, 0.1) is 5.82 Å². The zero-order valence-electron chi connectivity index (χ0n) is 15.3. The van der Waals surface area contributed by atoms with Gasteiger partial charge in [-0.15, -0.1) is 0 Å². The minimum absolute atomic E-state index is 0.0106. The quantitative estimate of drug-likeness (QED) is 0.724. The summed E-state index contributed by atoms with van der Waals surface area (Å²) in [5.41, 5.74) is 7.26. The van der Waals surface area contributed by atoms with Crippen molar-refractivity contribution in [1.29, 1.82) is 0 Å². The topological polar surface area (TPSA) is 72.1 Å². The lowest BCUT2D eigenvalue weighted by Crippen LogP contribution is -2.31. The SMILES string of the molecule is Nc1cnc(-c2ccc(-c3ccccc3C(=O)N3CCC(F)(F)C3)cc2F)cn1. The number of aromatic nitrogens is 2. The van der Waals surface area contributed by atoms with Crippen molar-refractivity contribution in [3.8, 4) is 22.4 Å². The van der Waals surface area contributed by atoms with Crippen molar-refractivity contribution in [3.63, 3.8) is 0 Å². The highest BCUT2D eigenvalue weighted by Gasteiger charge is 2.40. The Bertz CT molecular complexity index is 1070. The predicted octanol–water partition coefficient (Wildman–Crippen LogP) is 4.01. The molecule has 0 atom stereocenters. The van der Waals surface area contributed by atoms with Gasteiger partial charge in [0, 0.05) is 24.1 Å². The predicted molar refractivity (Wildman–Crippen MR) is 103 cm³/mol. The average Bonchev–Trinajstić information content (AvgIpc) is 3.08. The lowest BCUT2D eigenvalue weighted by Gasteiger charge is -2.18. The van der Waals surface area contributed by atoms with Crippen LogP contribution in [0.1, 0.15) is 16.8 Å². The molecule has 2 aromatic carbocycles. The molecule has 0 bridgehead atoms. The fourth-order valence-corrected chi connectivity index (χ4v) is 3.37. The van der Waals surface area contributed by atoms with E-state index in [4.69, 9.17) is 5.73 Å². The zero-order chi connectivity index (χ0) is 20.6. The van der Waals surface area contributed by atoms with Gasteiger partial charge in [-0.1, -0.05) is 24.3 Å². The van der Waals surface area contributed by atoms with Crippen molar-refractivity contribution in [1.82, 2.24) is 14.9 Å². The first kappa shape index (κ1) is 18.9. The Labute approximate surface area is 165 Å². The van der Waals surface area contributed by atoms with E-state index in [1.54, 1.807) is 30.3 Å². The van der Waals surface area contributed by atoms with Gasteiger partial charge in [0.05, 0.1) is 24.6 Å². The van der Waals surface area contributed by atoms with Gasteiger partial charge in [-0.25, -0.2) is 18.2 Å². The third kappa shape index (κ3) is 3.78.